The molecule has 2 rings (SSSR count). The molecule has 1 heterocycles. The van der Waals surface area contributed by atoms with Gasteiger partial charge in [0, 0.05) is 19.6 Å². The lowest BCUT2D eigenvalue weighted by molar-refractivity contribution is 0.250. The summed E-state index contributed by atoms with van der Waals surface area (Å²) in [6.45, 7) is 9.66. The molecule has 2 fully saturated rings. The van der Waals surface area contributed by atoms with Crippen LogP contribution >= 0.6 is 24.0 Å². The number of hydrogen-bond donors (Lipinski definition) is 2. The number of aliphatic imine (C=N–C) groups is 1. The van der Waals surface area contributed by atoms with Gasteiger partial charge in [-0.1, -0.05) is 13.8 Å². The zero-order chi connectivity index (χ0) is 16.5. The maximum atomic E-state index is 4.40. The molecular weight excluding hydrogens is 411 g/mol. The van der Waals surface area contributed by atoms with E-state index in [1.54, 1.807) is 0 Å². The number of nitrogens with one attached hydrogen (secondary N) is 2. The molecule has 24 heavy (non-hydrogen) atoms. The van der Waals surface area contributed by atoms with Gasteiger partial charge in [-0.05, 0) is 82.8 Å². The monoisotopic (exact) mass is 450 g/mol. The van der Waals surface area contributed by atoms with Gasteiger partial charge in [-0.15, -0.1) is 24.0 Å². The molecule has 2 N–H and O–H groups in total. The molecule has 5 heteroatoms. The van der Waals surface area contributed by atoms with Gasteiger partial charge in [0.2, 0.25) is 0 Å². The van der Waals surface area contributed by atoms with Gasteiger partial charge in [0.15, 0.2) is 5.96 Å². The van der Waals surface area contributed by atoms with E-state index in [2.05, 4.69) is 34.4 Å². The third-order valence-electron chi connectivity index (χ3n) is 5.67. The van der Waals surface area contributed by atoms with Crippen molar-refractivity contribution >= 4 is 29.9 Å². The molecule has 1 aliphatic heterocycles. The van der Waals surface area contributed by atoms with Crippen LogP contribution in [0.1, 0.15) is 65.2 Å². The van der Waals surface area contributed by atoms with Gasteiger partial charge in [0.25, 0.3) is 0 Å². The van der Waals surface area contributed by atoms with Crippen molar-refractivity contribution in [2.45, 2.75) is 71.3 Å². The van der Waals surface area contributed by atoms with E-state index in [0.717, 1.165) is 24.3 Å². The van der Waals surface area contributed by atoms with Crippen LogP contribution in [0.5, 0.6) is 0 Å². The standard InChI is InChI=1S/C19H38N4.HI/c1-16(2)17-8-10-18(11-9-17)22-19(20-3)21-12-4-5-13-23-14-6-7-15-23;/h16-18H,4-15H2,1-3H3,(H2,20,21,22);1H. The Balaban J connectivity index is 0.00000288. The molecule has 0 atom stereocenters. The van der Waals surface area contributed by atoms with Crippen molar-refractivity contribution in [3.63, 3.8) is 0 Å². The van der Waals surface area contributed by atoms with E-state index < -0.39 is 0 Å². The predicted octanol–water partition coefficient (Wildman–Crippen LogP) is 3.86. The molecule has 1 saturated carbocycles. The number of nitrogens with zero attached hydrogens (tertiary/aromatic N) is 2. The van der Waals surface area contributed by atoms with E-state index >= 15 is 0 Å². The van der Waals surface area contributed by atoms with E-state index in [4.69, 9.17) is 0 Å². The van der Waals surface area contributed by atoms with Gasteiger partial charge in [-0.25, -0.2) is 0 Å². The topological polar surface area (TPSA) is 39.7 Å². The van der Waals surface area contributed by atoms with Gasteiger partial charge >= 0.3 is 0 Å². The van der Waals surface area contributed by atoms with Crippen molar-refractivity contribution in [2.75, 3.05) is 33.2 Å². The smallest absolute Gasteiger partial charge is 0.191 e. The second-order valence-electron chi connectivity index (χ2n) is 7.75. The summed E-state index contributed by atoms with van der Waals surface area (Å²) in [7, 11) is 1.89. The highest BCUT2D eigenvalue weighted by atomic mass is 127. The molecule has 0 aromatic carbocycles. The minimum atomic E-state index is 0. The Labute approximate surface area is 166 Å². The van der Waals surface area contributed by atoms with Crippen molar-refractivity contribution in [3.8, 4) is 0 Å². The summed E-state index contributed by atoms with van der Waals surface area (Å²) >= 11 is 0. The largest absolute Gasteiger partial charge is 0.356 e. The van der Waals surface area contributed by atoms with Crippen LogP contribution in [-0.2, 0) is 0 Å². The molecule has 0 bridgehead atoms. The number of likely N-dealkylation sites (tertiary alicyclic amines) is 1. The van der Waals surface area contributed by atoms with Crippen molar-refractivity contribution < 1.29 is 0 Å². The maximum Gasteiger partial charge on any atom is 0.191 e. The first kappa shape index (κ1) is 22.0. The third kappa shape index (κ3) is 7.89. The molecule has 0 radical (unpaired) electrons. The Morgan fingerprint density at radius 3 is 2.33 bits per heavy atom. The number of halogens is 1. The highest BCUT2D eigenvalue weighted by Gasteiger charge is 2.23. The molecule has 4 nitrogen and oxygen atoms in total. The van der Waals surface area contributed by atoms with Crippen LogP contribution < -0.4 is 10.6 Å². The fourth-order valence-electron chi connectivity index (χ4n) is 3.99. The Morgan fingerprint density at radius 2 is 1.75 bits per heavy atom. The Bertz CT molecular complexity index is 345. The lowest BCUT2D eigenvalue weighted by atomic mass is 9.80. The molecule has 2 aliphatic rings. The maximum absolute atomic E-state index is 4.40. The molecule has 142 valence electrons. The van der Waals surface area contributed by atoms with Crippen molar-refractivity contribution in [1.82, 2.24) is 15.5 Å². The highest BCUT2D eigenvalue weighted by Crippen LogP contribution is 2.29. The van der Waals surface area contributed by atoms with Crippen LogP contribution in [0.3, 0.4) is 0 Å². The van der Waals surface area contributed by atoms with Crippen LogP contribution in [0.4, 0.5) is 0 Å². The Hall–Kier alpha value is -0.0400. The summed E-state index contributed by atoms with van der Waals surface area (Å²) in [5.41, 5.74) is 0. The van der Waals surface area contributed by atoms with E-state index in [9.17, 15) is 0 Å². The molecule has 0 unspecified atom stereocenters. The van der Waals surface area contributed by atoms with E-state index in [0.29, 0.717) is 6.04 Å². The van der Waals surface area contributed by atoms with Crippen LogP contribution in [-0.4, -0.2) is 50.1 Å². The summed E-state index contributed by atoms with van der Waals surface area (Å²) in [6, 6.07) is 0.612. The average molecular weight is 450 g/mol. The Morgan fingerprint density at radius 1 is 1.08 bits per heavy atom. The fourth-order valence-corrected chi connectivity index (χ4v) is 3.99. The molecule has 0 spiro atoms. The first-order chi connectivity index (χ1) is 11.2. The van der Waals surface area contributed by atoms with E-state index in [1.165, 1.54) is 71.0 Å². The second kappa shape index (κ2) is 12.3. The SMILES string of the molecule is CN=C(NCCCCN1CCCC1)NC1CCC(C(C)C)CC1.I. The molecule has 0 aromatic heterocycles. The van der Waals surface area contributed by atoms with Crippen LogP contribution in [0.25, 0.3) is 0 Å². The van der Waals surface area contributed by atoms with Gasteiger partial charge in [0.1, 0.15) is 0 Å². The van der Waals surface area contributed by atoms with Crippen LogP contribution in [0.15, 0.2) is 4.99 Å². The second-order valence-corrected chi connectivity index (χ2v) is 7.75. The first-order valence-electron chi connectivity index (χ1n) is 9.88. The minimum absolute atomic E-state index is 0. The average Bonchev–Trinajstić information content (AvgIpc) is 3.07. The number of guanidine groups is 1. The van der Waals surface area contributed by atoms with Gasteiger partial charge < -0.3 is 15.5 Å². The number of hydrogen-bond acceptors (Lipinski definition) is 2. The minimum Gasteiger partial charge on any atom is -0.356 e. The zero-order valence-electron chi connectivity index (χ0n) is 16.0. The lowest BCUT2D eigenvalue weighted by Gasteiger charge is -2.32. The summed E-state index contributed by atoms with van der Waals surface area (Å²) in [6.07, 6.45) is 10.6. The predicted molar refractivity (Wildman–Crippen MR) is 115 cm³/mol. The fraction of sp³-hybridized carbons (Fsp3) is 0.947. The Kier molecular flexibility index (Phi) is 11.3. The summed E-state index contributed by atoms with van der Waals surface area (Å²) in [5.74, 6) is 2.76. The van der Waals surface area contributed by atoms with E-state index in [1.807, 2.05) is 7.05 Å². The van der Waals surface area contributed by atoms with E-state index in [-0.39, 0.29) is 24.0 Å². The summed E-state index contributed by atoms with van der Waals surface area (Å²) < 4.78 is 0. The first-order valence-corrected chi connectivity index (χ1v) is 9.88. The number of rotatable bonds is 7. The highest BCUT2D eigenvalue weighted by molar-refractivity contribution is 14.0. The molecule has 0 aromatic rings. The van der Waals surface area contributed by atoms with Crippen LogP contribution in [0, 0.1) is 11.8 Å². The molecule has 0 amide bonds. The van der Waals surface area contributed by atoms with Gasteiger partial charge in [-0.2, -0.15) is 0 Å². The van der Waals surface area contributed by atoms with Crippen molar-refractivity contribution in [2.24, 2.45) is 16.8 Å². The quantitative estimate of drug-likeness (QED) is 0.268. The number of unbranched alkanes of at least 4 members (excludes halogenated alkanes) is 1. The summed E-state index contributed by atoms with van der Waals surface area (Å²) in [4.78, 5) is 6.99. The molecule has 1 saturated heterocycles. The third-order valence-corrected chi connectivity index (χ3v) is 5.67. The summed E-state index contributed by atoms with van der Waals surface area (Å²) in [5, 5.41) is 7.12. The zero-order valence-corrected chi connectivity index (χ0v) is 18.4. The van der Waals surface area contributed by atoms with Crippen LogP contribution in [0.2, 0.25) is 0 Å². The van der Waals surface area contributed by atoms with Crippen molar-refractivity contribution in [1.29, 1.82) is 0 Å². The lowest BCUT2D eigenvalue weighted by Crippen LogP contribution is -2.45. The van der Waals surface area contributed by atoms with Gasteiger partial charge in [0.05, 0.1) is 0 Å². The normalized spacial score (nSPS) is 25.6. The van der Waals surface area contributed by atoms with Crippen molar-refractivity contribution in [3.05, 3.63) is 0 Å². The van der Waals surface area contributed by atoms with Gasteiger partial charge in [-0.3, -0.25) is 4.99 Å². The molecule has 1 aliphatic carbocycles. The molecular formula is C19H39IN4.